The Bertz CT molecular complexity index is 1370. The molecule has 0 amide bonds. The monoisotopic (exact) mass is 553 g/mol. The number of aliphatic hydroxyl groups is 2. The van der Waals surface area contributed by atoms with E-state index in [0.717, 1.165) is 0 Å². The van der Waals surface area contributed by atoms with E-state index in [4.69, 9.17) is 19.9 Å². The van der Waals surface area contributed by atoms with E-state index in [-0.39, 0.29) is 78.7 Å². The lowest BCUT2D eigenvalue weighted by Gasteiger charge is -2.19. The predicted molar refractivity (Wildman–Crippen MR) is 146 cm³/mol. The van der Waals surface area contributed by atoms with Crippen molar-refractivity contribution in [2.75, 3.05) is 36.2 Å². The number of ether oxygens (including phenoxy) is 3. The summed E-state index contributed by atoms with van der Waals surface area (Å²) in [5, 5.41) is 26.8. The second-order valence-electron chi connectivity index (χ2n) is 8.31. The first-order valence-corrected chi connectivity index (χ1v) is 12.5. The minimum absolute atomic E-state index is 0.0210. The van der Waals surface area contributed by atoms with Crippen LogP contribution in [0.4, 0.5) is 17.5 Å². The fourth-order valence-corrected chi connectivity index (χ4v) is 3.59. The highest BCUT2D eigenvalue weighted by atomic mass is 16.5. The zero-order valence-electron chi connectivity index (χ0n) is 22.3. The number of allylic oxidation sites excluding steroid dienone is 6. The molecule has 6 N–H and O–H groups in total. The summed E-state index contributed by atoms with van der Waals surface area (Å²) in [7, 11) is 0. The van der Waals surface area contributed by atoms with Gasteiger partial charge in [-0.05, 0) is 44.1 Å². The standard InChI is InChI=1S/C27H31N5O8/c1-4-38-21(35)13-15-7-9-17(19(33)11-15)29-25-23(28)24(26(37)40-6-3)31-27(32-25)30-18-10-8-16(12-20(18)34)14-22(36)39-5-2/h7-10,13-14,33-34H,4-6,11-12,28H2,1-3H3,(H2,29,30,31,32). The summed E-state index contributed by atoms with van der Waals surface area (Å²) in [6.45, 7) is 5.53. The smallest absolute Gasteiger partial charge is 0.359 e. The number of esters is 3. The van der Waals surface area contributed by atoms with Crippen LogP contribution in [-0.2, 0) is 23.8 Å². The Kier molecular flexibility index (Phi) is 10.1. The number of nitrogens with two attached hydrogens (primary N) is 1. The fourth-order valence-electron chi connectivity index (χ4n) is 3.59. The minimum Gasteiger partial charge on any atom is -0.510 e. The van der Waals surface area contributed by atoms with Crippen molar-refractivity contribution in [3.8, 4) is 0 Å². The van der Waals surface area contributed by atoms with Gasteiger partial charge in [-0.15, -0.1) is 0 Å². The molecule has 3 rings (SSSR count). The molecule has 0 unspecified atom stereocenters. The number of nitrogens with one attached hydrogen (secondary N) is 2. The first kappa shape index (κ1) is 29.5. The van der Waals surface area contributed by atoms with Gasteiger partial charge < -0.3 is 40.8 Å². The molecular weight excluding hydrogens is 522 g/mol. The lowest BCUT2D eigenvalue weighted by Crippen LogP contribution is -2.18. The van der Waals surface area contributed by atoms with Gasteiger partial charge in [0.05, 0.1) is 31.2 Å². The number of anilines is 3. The molecule has 0 saturated carbocycles. The van der Waals surface area contributed by atoms with Crippen LogP contribution in [0.5, 0.6) is 0 Å². The van der Waals surface area contributed by atoms with Crippen molar-refractivity contribution >= 4 is 35.4 Å². The SMILES string of the molecule is CCOC(=O)C=C1C=CC(Nc2nc(NC3=C(O)CC(=CC(=O)OCC)C=C3)c(N)c(C(=O)OCC)n2)=C(O)C1. The van der Waals surface area contributed by atoms with Crippen LogP contribution in [0.3, 0.4) is 0 Å². The number of aliphatic hydroxyl groups excluding tert-OH is 2. The zero-order chi connectivity index (χ0) is 29.2. The molecule has 0 atom stereocenters. The Morgan fingerprint density at radius 1 is 0.825 bits per heavy atom. The van der Waals surface area contributed by atoms with Crippen LogP contribution in [0, 0.1) is 0 Å². The Hall–Kier alpha value is -5.07. The third-order valence-electron chi connectivity index (χ3n) is 5.39. The predicted octanol–water partition coefficient (Wildman–Crippen LogP) is 3.50. The first-order chi connectivity index (χ1) is 19.1. The van der Waals surface area contributed by atoms with Gasteiger partial charge in [0.25, 0.3) is 0 Å². The molecule has 1 aromatic rings. The summed E-state index contributed by atoms with van der Waals surface area (Å²) < 4.78 is 14.8. The molecule has 0 fully saturated rings. The second kappa shape index (κ2) is 13.6. The van der Waals surface area contributed by atoms with Crippen molar-refractivity contribution in [3.05, 3.63) is 76.2 Å². The van der Waals surface area contributed by atoms with E-state index in [9.17, 15) is 24.6 Å². The highest BCUT2D eigenvalue weighted by Gasteiger charge is 2.22. The average molecular weight is 554 g/mol. The summed E-state index contributed by atoms with van der Waals surface area (Å²) in [5.74, 6) is -2.21. The lowest BCUT2D eigenvalue weighted by molar-refractivity contribution is -0.138. The molecule has 0 radical (unpaired) electrons. The van der Waals surface area contributed by atoms with Gasteiger partial charge >= 0.3 is 17.9 Å². The molecule has 40 heavy (non-hydrogen) atoms. The summed E-state index contributed by atoms with van der Waals surface area (Å²) in [5.41, 5.74) is 7.29. The summed E-state index contributed by atoms with van der Waals surface area (Å²) >= 11 is 0. The Labute approximate surface area is 230 Å². The molecule has 0 spiro atoms. The van der Waals surface area contributed by atoms with Gasteiger partial charge in [0, 0.05) is 25.0 Å². The van der Waals surface area contributed by atoms with Crippen molar-refractivity contribution in [1.29, 1.82) is 0 Å². The van der Waals surface area contributed by atoms with Crippen LogP contribution < -0.4 is 16.4 Å². The highest BCUT2D eigenvalue weighted by Crippen LogP contribution is 2.29. The fraction of sp³-hybridized carbons (Fsp3) is 0.296. The van der Waals surface area contributed by atoms with E-state index in [1.807, 2.05) is 0 Å². The molecular formula is C27H31N5O8. The maximum atomic E-state index is 12.6. The van der Waals surface area contributed by atoms with E-state index >= 15 is 0 Å². The molecule has 0 aromatic carbocycles. The molecule has 1 heterocycles. The number of rotatable bonds is 10. The van der Waals surface area contributed by atoms with Crippen molar-refractivity contribution in [2.45, 2.75) is 33.6 Å². The lowest BCUT2D eigenvalue weighted by atomic mass is 10.0. The minimum atomic E-state index is -0.803. The molecule has 2 aliphatic carbocycles. The Balaban J connectivity index is 1.89. The second-order valence-corrected chi connectivity index (χ2v) is 8.31. The van der Waals surface area contributed by atoms with Crippen LogP contribution in [0.2, 0.25) is 0 Å². The summed E-state index contributed by atoms with van der Waals surface area (Å²) in [6, 6.07) is 0. The van der Waals surface area contributed by atoms with Crippen LogP contribution in [0.1, 0.15) is 44.1 Å². The highest BCUT2D eigenvalue weighted by molar-refractivity contribution is 5.96. The zero-order valence-corrected chi connectivity index (χ0v) is 22.3. The first-order valence-electron chi connectivity index (χ1n) is 12.5. The Morgan fingerprint density at radius 2 is 1.32 bits per heavy atom. The van der Waals surface area contributed by atoms with Crippen LogP contribution in [-0.4, -0.2) is 57.9 Å². The van der Waals surface area contributed by atoms with Gasteiger partial charge in [-0.1, -0.05) is 12.2 Å². The van der Waals surface area contributed by atoms with Gasteiger partial charge in [0.2, 0.25) is 5.95 Å². The van der Waals surface area contributed by atoms with Gasteiger partial charge in [-0.25, -0.2) is 19.4 Å². The van der Waals surface area contributed by atoms with Crippen molar-refractivity contribution in [2.24, 2.45) is 0 Å². The molecule has 0 aliphatic heterocycles. The van der Waals surface area contributed by atoms with E-state index in [1.54, 1.807) is 32.9 Å². The maximum Gasteiger partial charge on any atom is 0.359 e. The Morgan fingerprint density at radius 3 is 1.80 bits per heavy atom. The topological polar surface area (TPSA) is 195 Å². The number of carbonyl (C=O) groups is 3. The maximum absolute atomic E-state index is 12.6. The van der Waals surface area contributed by atoms with Gasteiger partial charge in [0.15, 0.2) is 11.5 Å². The van der Waals surface area contributed by atoms with E-state index in [1.165, 1.54) is 24.3 Å². The molecule has 0 bridgehead atoms. The molecule has 212 valence electrons. The van der Waals surface area contributed by atoms with E-state index in [0.29, 0.717) is 11.1 Å². The number of hydrogen-bond donors (Lipinski definition) is 5. The van der Waals surface area contributed by atoms with Crippen molar-refractivity contribution in [3.63, 3.8) is 0 Å². The van der Waals surface area contributed by atoms with E-state index < -0.39 is 17.9 Å². The van der Waals surface area contributed by atoms with Crippen LogP contribution in [0.25, 0.3) is 0 Å². The molecule has 13 nitrogen and oxygen atoms in total. The molecule has 1 aromatic heterocycles. The van der Waals surface area contributed by atoms with Crippen LogP contribution in [0.15, 0.2) is 70.5 Å². The number of hydrogen-bond acceptors (Lipinski definition) is 13. The number of nitrogen functional groups attached to an aromatic ring is 1. The average Bonchev–Trinajstić information content (AvgIpc) is 2.89. The summed E-state index contributed by atoms with van der Waals surface area (Å²) in [6.07, 6.45) is 8.87. The number of aromatic nitrogens is 2. The molecule has 2 aliphatic rings. The van der Waals surface area contributed by atoms with E-state index in [2.05, 4.69) is 20.6 Å². The van der Waals surface area contributed by atoms with Gasteiger partial charge in [-0.3, -0.25) is 0 Å². The van der Waals surface area contributed by atoms with Gasteiger partial charge in [0.1, 0.15) is 17.2 Å². The normalized spacial score (nSPS) is 16.8. The van der Waals surface area contributed by atoms with Crippen molar-refractivity contribution < 1.29 is 38.8 Å². The summed E-state index contributed by atoms with van der Waals surface area (Å²) in [4.78, 5) is 44.5. The molecule has 13 heteroatoms. The third kappa shape index (κ3) is 7.72. The van der Waals surface area contributed by atoms with Crippen LogP contribution >= 0.6 is 0 Å². The molecule has 0 saturated heterocycles. The van der Waals surface area contributed by atoms with Crippen molar-refractivity contribution in [1.82, 2.24) is 9.97 Å². The quantitative estimate of drug-likeness (QED) is 0.161. The number of nitrogens with zero attached hydrogens (tertiary/aromatic N) is 2. The van der Waals surface area contributed by atoms with Gasteiger partial charge in [-0.2, -0.15) is 4.98 Å². The third-order valence-corrected chi connectivity index (χ3v) is 5.39. The number of carbonyl (C=O) groups excluding carboxylic acids is 3. The largest absolute Gasteiger partial charge is 0.510 e.